The van der Waals surface area contributed by atoms with E-state index in [9.17, 15) is 29.8 Å². The van der Waals surface area contributed by atoms with Crippen LogP contribution in [0.5, 0.6) is 17.2 Å². The lowest BCUT2D eigenvalue weighted by molar-refractivity contribution is -0.395. The van der Waals surface area contributed by atoms with Crippen LogP contribution in [0.2, 0.25) is 0 Å². The first-order chi connectivity index (χ1) is 16.7. The molecule has 0 saturated heterocycles. The maximum Gasteiger partial charge on any atom is 0.344 e. The molecule has 0 aliphatic carbocycles. The van der Waals surface area contributed by atoms with Gasteiger partial charge in [-0.2, -0.15) is 0 Å². The van der Waals surface area contributed by atoms with Crippen molar-refractivity contribution in [2.24, 2.45) is 0 Å². The first kappa shape index (κ1) is 23.6. The van der Waals surface area contributed by atoms with E-state index < -0.39 is 32.6 Å². The van der Waals surface area contributed by atoms with Crippen LogP contribution in [0.3, 0.4) is 0 Å². The van der Waals surface area contributed by atoms with Gasteiger partial charge >= 0.3 is 5.97 Å². The van der Waals surface area contributed by atoms with Gasteiger partial charge in [-0.1, -0.05) is 12.1 Å². The number of nitro benzene ring substituents is 2. The molecule has 0 aliphatic rings. The second-order valence-corrected chi connectivity index (χ2v) is 8.02. The number of rotatable bonds is 6. The number of ether oxygens (including phenoxy) is 2. The van der Waals surface area contributed by atoms with Gasteiger partial charge in [0.25, 0.3) is 11.4 Å². The third-order valence-electron chi connectivity index (χ3n) is 4.96. The van der Waals surface area contributed by atoms with Crippen LogP contribution in [0.25, 0.3) is 11.0 Å². The summed E-state index contributed by atoms with van der Waals surface area (Å²) in [6.07, 6.45) is 1.11. The third kappa shape index (κ3) is 4.73. The lowest BCUT2D eigenvalue weighted by Crippen LogP contribution is -2.11. The van der Waals surface area contributed by atoms with E-state index >= 15 is 0 Å². The minimum absolute atomic E-state index is 0.0454. The van der Waals surface area contributed by atoms with Crippen molar-refractivity contribution in [1.29, 1.82) is 0 Å². The largest absolute Gasteiger partial charge is 0.460 e. The van der Waals surface area contributed by atoms with Gasteiger partial charge in [-0.15, -0.1) is 0 Å². The Morgan fingerprint density at radius 1 is 0.971 bits per heavy atom. The molecule has 1 heterocycles. The topological polar surface area (TPSA) is 152 Å². The first-order valence-electron chi connectivity index (χ1n) is 9.79. The number of carbonyl (C=O) groups is 1. The van der Waals surface area contributed by atoms with Crippen LogP contribution in [0, 0.1) is 27.2 Å². The van der Waals surface area contributed by atoms with E-state index in [1.165, 1.54) is 25.1 Å². The number of fused-ring (bicyclic) bond motifs is 1. The van der Waals surface area contributed by atoms with Gasteiger partial charge in [0.2, 0.25) is 11.2 Å². The van der Waals surface area contributed by atoms with Gasteiger partial charge < -0.3 is 13.9 Å². The normalized spacial score (nSPS) is 10.7. The summed E-state index contributed by atoms with van der Waals surface area (Å²) in [5, 5.41) is 22.6. The molecule has 0 atom stereocenters. The Morgan fingerprint density at radius 3 is 2.26 bits per heavy atom. The number of hydrogen-bond acceptors (Lipinski definition) is 9. The molecule has 0 amide bonds. The summed E-state index contributed by atoms with van der Waals surface area (Å²) in [7, 11) is 0. The quantitative estimate of drug-likeness (QED) is 0.130. The van der Waals surface area contributed by atoms with Crippen molar-refractivity contribution in [3.63, 3.8) is 0 Å². The third-order valence-corrected chi connectivity index (χ3v) is 5.62. The van der Waals surface area contributed by atoms with Gasteiger partial charge in [-0.3, -0.25) is 25.0 Å². The van der Waals surface area contributed by atoms with E-state index in [4.69, 9.17) is 13.9 Å². The average molecular weight is 541 g/mol. The fraction of sp³-hybridized carbons (Fsp3) is 0.0435. The molecule has 0 bridgehead atoms. The summed E-state index contributed by atoms with van der Waals surface area (Å²) in [6, 6.07) is 12.7. The fourth-order valence-corrected chi connectivity index (χ4v) is 3.58. The van der Waals surface area contributed by atoms with E-state index in [0.29, 0.717) is 10.2 Å². The zero-order valence-corrected chi connectivity index (χ0v) is 19.3. The van der Waals surface area contributed by atoms with Crippen molar-refractivity contribution >= 4 is 44.2 Å². The van der Waals surface area contributed by atoms with Gasteiger partial charge in [0, 0.05) is 18.2 Å². The molecule has 3 aromatic carbocycles. The molecular weight excluding hydrogens is 528 g/mol. The van der Waals surface area contributed by atoms with Crippen molar-refractivity contribution in [1.82, 2.24) is 0 Å². The molecule has 0 spiro atoms. The molecular formula is C23H13BrN2O9. The molecule has 176 valence electrons. The number of nitrogens with zero attached hydrogens (tertiary/aromatic N) is 2. The first-order valence-corrected chi connectivity index (χ1v) is 10.6. The van der Waals surface area contributed by atoms with Crippen molar-refractivity contribution in [2.45, 2.75) is 6.92 Å². The molecule has 0 fully saturated rings. The van der Waals surface area contributed by atoms with Gasteiger partial charge in [-0.25, -0.2) is 4.79 Å². The number of halogens is 1. The molecule has 0 radical (unpaired) electrons. The van der Waals surface area contributed by atoms with Gasteiger partial charge in [-0.05, 0) is 47.1 Å². The van der Waals surface area contributed by atoms with E-state index in [-0.39, 0.29) is 33.6 Å². The second-order valence-electron chi connectivity index (χ2n) is 7.16. The number of para-hydroxylation sites is 1. The van der Waals surface area contributed by atoms with E-state index in [1.807, 2.05) is 0 Å². The maximum absolute atomic E-state index is 12.8. The molecule has 0 saturated carbocycles. The Labute approximate surface area is 203 Å². The van der Waals surface area contributed by atoms with E-state index in [2.05, 4.69) is 15.9 Å². The van der Waals surface area contributed by atoms with Crippen LogP contribution < -0.4 is 14.9 Å². The number of esters is 1. The molecule has 11 nitrogen and oxygen atoms in total. The Hall–Kier alpha value is -4.58. The minimum Gasteiger partial charge on any atom is -0.460 e. The summed E-state index contributed by atoms with van der Waals surface area (Å²) < 4.78 is 16.9. The van der Waals surface area contributed by atoms with Crippen LogP contribution in [-0.2, 0) is 0 Å². The van der Waals surface area contributed by atoms with Crippen LogP contribution >= 0.6 is 15.9 Å². The zero-order chi connectivity index (χ0) is 25.3. The predicted molar refractivity (Wildman–Crippen MR) is 126 cm³/mol. The molecule has 12 heteroatoms. The second kappa shape index (κ2) is 9.35. The Balaban J connectivity index is 1.64. The Morgan fingerprint density at radius 2 is 1.63 bits per heavy atom. The fourth-order valence-electron chi connectivity index (χ4n) is 3.22. The molecule has 0 aliphatic heterocycles. The van der Waals surface area contributed by atoms with E-state index in [1.54, 1.807) is 24.3 Å². The van der Waals surface area contributed by atoms with Crippen LogP contribution in [0.15, 0.2) is 74.5 Å². The summed E-state index contributed by atoms with van der Waals surface area (Å²) in [6.45, 7) is 1.21. The highest BCUT2D eigenvalue weighted by atomic mass is 79.9. The lowest BCUT2D eigenvalue weighted by atomic mass is 10.1. The Kier molecular flexibility index (Phi) is 6.30. The number of carbonyl (C=O) groups excluding carboxylic acids is 1. The highest BCUT2D eigenvalue weighted by Crippen LogP contribution is 2.31. The van der Waals surface area contributed by atoms with E-state index in [0.717, 1.165) is 18.4 Å². The summed E-state index contributed by atoms with van der Waals surface area (Å²) >= 11 is 3.33. The van der Waals surface area contributed by atoms with Crippen molar-refractivity contribution in [2.75, 3.05) is 0 Å². The summed E-state index contributed by atoms with van der Waals surface area (Å²) in [5.41, 5.74) is -2.14. The monoisotopic (exact) mass is 540 g/mol. The average Bonchev–Trinajstić information content (AvgIpc) is 2.82. The molecule has 4 aromatic rings. The van der Waals surface area contributed by atoms with Gasteiger partial charge in [0.15, 0.2) is 0 Å². The maximum atomic E-state index is 12.8. The molecule has 1 aromatic heterocycles. The number of nitro groups is 2. The highest BCUT2D eigenvalue weighted by molar-refractivity contribution is 9.10. The van der Waals surface area contributed by atoms with Gasteiger partial charge in [0.1, 0.15) is 28.9 Å². The SMILES string of the molecule is Cc1c([N+](=O)[O-])cc(C(=O)Oc2ccc3c(=O)c(Oc4ccccc4Br)coc3c2)cc1[N+](=O)[O-]. The summed E-state index contributed by atoms with van der Waals surface area (Å²) in [4.78, 5) is 46.2. The number of benzene rings is 3. The molecule has 0 unspecified atom stereocenters. The molecule has 0 N–H and O–H groups in total. The van der Waals surface area contributed by atoms with Gasteiger partial charge in [0.05, 0.1) is 25.3 Å². The summed E-state index contributed by atoms with van der Waals surface area (Å²) in [5.74, 6) is -0.762. The lowest BCUT2D eigenvalue weighted by Gasteiger charge is -2.08. The number of hydrogen-bond donors (Lipinski definition) is 0. The van der Waals surface area contributed by atoms with Crippen LogP contribution in [0.1, 0.15) is 15.9 Å². The molecule has 4 rings (SSSR count). The predicted octanol–water partition coefficient (Wildman–Crippen LogP) is 5.69. The van der Waals surface area contributed by atoms with Crippen LogP contribution in [0.4, 0.5) is 11.4 Å². The minimum atomic E-state index is -1.06. The Bertz CT molecular complexity index is 1540. The van der Waals surface area contributed by atoms with Crippen LogP contribution in [-0.4, -0.2) is 15.8 Å². The zero-order valence-electron chi connectivity index (χ0n) is 17.7. The smallest absolute Gasteiger partial charge is 0.344 e. The standard InChI is InChI=1S/C23H13BrN2O9/c1-12-17(25(29)30)8-13(9-18(12)26(31)32)23(28)34-14-6-7-15-20(10-14)33-11-21(22(15)27)35-19-5-3-2-4-16(19)24/h2-11H,1H3. The van der Waals surface area contributed by atoms with Crippen molar-refractivity contribution < 1.29 is 28.5 Å². The molecule has 35 heavy (non-hydrogen) atoms. The van der Waals surface area contributed by atoms with Crippen molar-refractivity contribution in [3.8, 4) is 17.2 Å². The van der Waals surface area contributed by atoms with Crippen molar-refractivity contribution in [3.05, 3.63) is 107 Å². The highest BCUT2D eigenvalue weighted by Gasteiger charge is 2.26.